The fourth-order valence-electron chi connectivity index (χ4n) is 4.79. The Morgan fingerprint density at radius 1 is 0.766 bits per heavy atom. The molecule has 8 N–H and O–H groups in total. The van der Waals surface area contributed by atoms with Crippen LogP contribution in [0, 0.1) is 0 Å². The maximum atomic E-state index is 12.9. The quantitative estimate of drug-likeness (QED) is 0.123. The summed E-state index contributed by atoms with van der Waals surface area (Å²) < 4.78 is 13.5. The van der Waals surface area contributed by atoms with Crippen LogP contribution >= 0.6 is 11.3 Å². The van der Waals surface area contributed by atoms with Crippen LogP contribution in [0.15, 0.2) is 90.9 Å². The summed E-state index contributed by atoms with van der Waals surface area (Å²) in [5, 5.41) is 1.66. The van der Waals surface area contributed by atoms with E-state index in [1.54, 1.807) is 12.1 Å². The van der Waals surface area contributed by atoms with Gasteiger partial charge in [-0.1, -0.05) is 91.4 Å². The van der Waals surface area contributed by atoms with Crippen LogP contribution in [0.3, 0.4) is 0 Å². The summed E-state index contributed by atoms with van der Waals surface area (Å²) in [4.78, 5) is 47.9. The van der Waals surface area contributed by atoms with Crippen molar-refractivity contribution in [2.45, 2.75) is 37.8 Å². The van der Waals surface area contributed by atoms with Crippen LogP contribution in [0.4, 0.5) is 0 Å². The number of hydrogen-bond donors (Lipinski definition) is 4. The minimum Gasteiger partial charge on any atom is -0.525 e. The number of allylic oxidation sites excluding steroid dienone is 1. The zero-order chi connectivity index (χ0) is 33.9. The predicted molar refractivity (Wildman–Crippen MR) is 188 cm³/mol. The molecule has 0 fully saturated rings. The molecule has 0 aliphatic rings. The van der Waals surface area contributed by atoms with E-state index in [1.807, 2.05) is 84.9 Å². The Kier molecular flexibility index (Phi) is 12.3. The molecule has 10 nitrogen and oxygen atoms in total. The molecule has 13 heteroatoms. The number of thiophene rings is 1. The predicted octanol–water partition coefficient (Wildman–Crippen LogP) is -0.536. The first-order valence-electron chi connectivity index (χ1n) is 15.0. The maximum Gasteiger partial charge on any atom is 0.429 e. The van der Waals surface area contributed by atoms with E-state index in [0.29, 0.717) is 0 Å². The molecule has 4 rings (SSSR count). The largest absolute Gasteiger partial charge is 0.525 e. The number of carbonyl (C=O) groups is 4. The lowest BCUT2D eigenvalue weighted by Gasteiger charge is -2.18. The van der Waals surface area contributed by atoms with Crippen molar-refractivity contribution in [2.75, 3.05) is 0 Å². The first-order valence-corrected chi connectivity index (χ1v) is 15.8. The number of fused-ring (bicyclic) bond motifs is 1. The number of primary amides is 2. The van der Waals surface area contributed by atoms with Gasteiger partial charge in [0.2, 0.25) is 11.8 Å². The topological polar surface area (TPSA) is 191 Å². The third kappa shape index (κ3) is 9.76. The summed E-state index contributed by atoms with van der Waals surface area (Å²) in [5.41, 5.74) is 24.6. The lowest BCUT2D eigenvalue weighted by Crippen LogP contribution is -2.49. The molecule has 0 saturated carbocycles. The van der Waals surface area contributed by atoms with Crippen LogP contribution in [-0.2, 0) is 28.5 Å². The lowest BCUT2D eigenvalue weighted by atomic mass is 9.55. The third-order valence-corrected chi connectivity index (χ3v) is 8.58. The zero-order valence-corrected chi connectivity index (χ0v) is 26.6. The minimum atomic E-state index is -1.00. The van der Waals surface area contributed by atoms with Crippen molar-refractivity contribution in [3.05, 3.63) is 101 Å². The van der Waals surface area contributed by atoms with Gasteiger partial charge in [-0.05, 0) is 52.0 Å². The SMILES string of the molecule is C=c1/c(=C\C=C\B(OC(=O)C(N)CCC(N)=O)c2ccccc2)sc2ccc(B(OC(=O)C(N)CCC(N)=O)c3ccccc3)cc12. The molecule has 0 bridgehead atoms. The molecule has 2 atom stereocenters. The average molecular weight is 650 g/mol. The molecule has 0 aliphatic carbocycles. The third-order valence-electron chi connectivity index (χ3n) is 7.40. The fraction of sp³-hybridized carbons (Fsp3) is 0.176. The Bertz CT molecular complexity index is 1870. The number of rotatable bonds is 15. The van der Waals surface area contributed by atoms with E-state index in [2.05, 4.69) is 6.58 Å². The summed E-state index contributed by atoms with van der Waals surface area (Å²) >= 11 is 1.53. The maximum absolute atomic E-state index is 12.9. The first-order chi connectivity index (χ1) is 22.5. The van der Waals surface area contributed by atoms with Crippen molar-refractivity contribution in [1.82, 2.24) is 0 Å². The van der Waals surface area contributed by atoms with E-state index in [4.69, 9.17) is 32.2 Å². The molecule has 0 radical (unpaired) electrons. The van der Waals surface area contributed by atoms with E-state index in [9.17, 15) is 19.2 Å². The van der Waals surface area contributed by atoms with Crippen LogP contribution < -0.4 is 49.1 Å². The molecule has 240 valence electrons. The van der Waals surface area contributed by atoms with Crippen molar-refractivity contribution < 1.29 is 28.5 Å². The Morgan fingerprint density at radius 2 is 1.32 bits per heavy atom. The standard InChI is InChI=1S/C34H36B2N4O6S/c1-22-26-21-25(36(24-11-6-3-7-12-24)46-34(44)28(38)16-19-32(40)42)14-17-30(26)47-29(22)13-8-20-35(23-9-4-2-5-10-23)45-33(43)27(37)15-18-31(39)41/h2-14,17,20-21,27-28H,1,15-16,18-19,37-38H2,(H2,39,41)(H2,40,42)/b20-8+,29-13+. The summed E-state index contributed by atoms with van der Waals surface area (Å²) in [6, 6.07) is 22.3. The second-order valence-electron chi connectivity index (χ2n) is 11.0. The molecule has 1 aromatic heterocycles. The molecular weight excluding hydrogens is 614 g/mol. The normalized spacial score (nSPS) is 12.9. The summed E-state index contributed by atoms with van der Waals surface area (Å²) in [7, 11) is 0. The van der Waals surface area contributed by atoms with Crippen LogP contribution in [0.5, 0.6) is 0 Å². The van der Waals surface area contributed by atoms with Gasteiger partial charge in [-0.25, -0.2) is 0 Å². The molecule has 2 amide bonds. The summed E-state index contributed by atoms with van der Waals surface area (Å²) in [6.45, 7) is 2.85. The molecule has 0 saturated heterocycles. The monoisotopic (exact) mass is 650 g/mol. The summed E-state index contributed by atoms with van der Waals surface area (Å²) in [5.74, 6) is -0.615. The molecule has 47 heavy (non-hydrogen) atoms. The molecule has 0 spiro atoms. The second-order valence-corrected chi connectivity index (χ2v) is 12.1. The van der Waals surface area contributed by atoms with Gasteiger partial charge in [0, 0.05) is 22.1 Å². The zero-order valence-electron chi connectivity index (χ0n) is 25.7. The van der Waals surface area contributed by atoms with E-state index >= 15 is 0 Å². The highest BCUT2D eigenvalue weighted by Crippen LogP contribution is 2.13. The van der Waals surface area contributed by atoms with Crippen molar-refractivity contribution in [1.29, 1.82) is 0 Å². The lowest BCUT2D eigenvalue weighted by molar-refractivity contribution is -0.137. The van der Waals surface area contributed by atoms with Crippen LogP contribution in [0.2, 0.25) is 0 Å². The van der Waals surface area contributed by atoms with E-state index in [-0.39, 0.29) is 25.7 Å². The number of amides is 2. The van der Waals surface area contributed by atoms with Gasteiger partial charge in [-0.3, -0.25) is 19.2 Å². The highest BCUT2D eigenvalue weighted by molar-refractivity contribution is 7.17. The molecular formula is C34H36B2N4O6S. The highest BCUT2D eigenvalue weighted by Gasteiger charge is 2.29. The fourth-order valence-corrected chi connectivity index (χ4v) is 5.84. The number of hydrogen-bond acceptors (Lipinski definition) is 9. The van der Waals surface area contributed by atoms with Gasteiger partial charge in [-0.15, -0.1) is 11.3 Å². The van der Waals surface area contributed by atoms with E-state index in [0.717, 1.165) is 36.2 Å². The second kappa shape index (κ2) is 16.5. The summed E-state index contributed by atoms with van der Waals surface area (Å²) in [6.07, 6.45) is 3.81. The Labute approximate surface area is 277 Å². The Morgan fingerprint density at radius 3 is 1.89 bits per heavy atom. The molecule has 3 aromatic carbocycles. The van der Waals surface area contributed by atoms with Gasteiger partial charge in [-0.2, -0.15) is 0 Å². The first kappa shape index (κ1) is 34.9. The van der Waals surface area contributed by atoms with Crippen LogP contribution in [-0.4, -0.2) is 49.7 Å². The van der Waals surface area contributed by atoms with Gasteiger partial charge in [0.05, 0.1) is 0 Å². The van der Waals surface area contributed by atoms with E-state index in [1.165, 1.54) is 11.3 Å². The Hall–Kier alpha value is -4.97. The number of carbonyl (C=O) groups excluding carboxylic acids is 4. The van der Waals surface area contributed by atoms with Crippen molar-refractivity contribution in [2.24, 2.45) is 22.9 Å². The molecule has 2 unspecified atom stereocenters. The van der Waals surface area contributed by atoms with Gasteiger partial charge < -0.3 is 32.2 Å². The van der Waals surface area contributed by atoms with Crippen molar-refractivity contribution >= 4 is 88.1 Å². The smallest absolute Gasteiger partial charge is 0.429 e. The van der Waals surface area contributed by atoms with Crippen LogP contribution in [0.1, 0.15) is 25.7 Å². The highest BCUT2D eigenvalue weighted by atomic mass is 32.1. The van der Waals surface area contributed by atoms with Gasteiger partial charge in [0.25, 0.3) is 0 Å². The number of benzene rings is 3. The van der Waals surface area contributed by atoms with Crippen molar-refractivity contribution in [3.8, 4) is 0 Å². The van der Waals surface area contributed by atoms with Gasteiger partial charge in [0.15, 0.2) is 0 Å². The van der Waals surface area contributed by atoms with Gasteiger partial charge >= 0.3 is 25.8 Å². The van der Waals surface area contributed by atoms with E-state index < -0.39 is 49.7 Å². The molecule has 0 aliphatic heterocycles. The van der Waals surface area contributed by atoms with Crippen molar-refractivity contribution in [3.63, 3.8) is 0 Å². The number of nitrogens with two attached hydrogens (primary N) is 4. The minimum absolute atomic E-state index is 0.0190. The van der Waals surface area contributed by atoms with Gasteiger partial charge in [0.1, 0.15) is 12.1 Å². The molecule has 4 aromatic rings. The Balaban J connectivity index is 1.61. The molecule has 1 heterocycles. The van der Waals surface area contributed by atoms with Crippen LogP contribution in [0.25, 0.3) is 22.7 Å². The average Bonchev–Trinajstić information content (AvgIpc) is 3.38.